The molecule has 2 heterocycles. The minimum absolute atomic E-state index is 0.124. The number of tetrazole rings is 1. The lowest BCUT2D eigenvalue weighted by molar-refractivity contribution is -0.123. The number of allylic oxidation sites excluding steroid dienone is 1. The summed E-state index contributed by atoms with van der Waals surface area (Å²) in [5.74, 6) is -1.37. The van der Waals surface area contributed by atoms with Crippen LogP contribution >= 0.6 is 11.6 Å². The van der Waals surface area contributed by atoms with Crippen molar-refractivity contribution in [2.24, 2.45) is 5.92 Å². The quantitative estimate of drug-likeness (QED) is 0.323. The Kier molecular flexibility index (Phi) is 9.64. The van der Waals surface area contributed by atoms with Crippen molar-refractivity contribution >= 4 is 46.8 Å². The van der Waals surface area contributed by atoms with Crippen LogP contribution in [0, 0.1) is 5.92 Å². The number of amides is 4. The van der Waals surface area contributed by atoms with Crippen molar-refractivity contribution < 1.29 is 23.9 Å². The fourth-order valence-electron chi connectivity index (χ4n) is 4.26. The van der Waals surface area contributed by atoms with Crippen LogP contribution in [0.1, 0.15) is 35.7 Å². The number of nitrogens with zero attached hydrogens (tertiary/aromatic N) is 4. The summed E-state index contributed by atoms with van der Waals surface area (Å²) < 4.78 is 6.12. The molecule has 0 fully saturated rings. The number of rotatable bonds is 6. The average Bonchev–Trinajstić information content (AvgIpc) is 3.46. The maximum atomic E-state index is 13.3. The fraction of sp³-hybridized carbons (Fsp3) is 0.296. The van der Waals surface area contributed by atoms with E-state index in [0.717, 1.165) is 11.3 Å². The van der Waals surface area contributed by atoms with E-state index in [1.165, 1.54) is 36.3 Å². The topological polar surface area (TPSA) is 169 Å². The minimum atomic E-state index is -0.889. The number of hydrogen-bond donors (Lipinski definition) is 4. The number of ether oxygens (including phenoxy) is 1. The van der Waals surface area contributed by atoms with Crippen molar-refractivity contribution in [3.63, 3.8) is 0 Å². The van der Waals surface area contributed by atoms with Crippen LogP contribution in [0.2, 0.25) is 5.02 Å². The van der Waals surface area contributed by atoms with Crippen LogP contribution in [0.5, 0.6) is 0 Å². The first-order valence-electron chi connectivity index (χ1n) is 12.8. The number of nitrogens with one attached hydrogen (secondary N) is 4. The standard InChI is InChI=1S/C27H29ClN8O5/c1-16-4-3-5-21(26(39)29-11-10-17-13-18(28)6-9-23(17)36-15-30-34-35-36)33-25(38)20-8-7-19(31-27(40)41-2)14-22(20)32-24(37)12-16/h3-4,6-9,13-16,21H,5,10-12H2,1-2H3,(H,29,39)(H,31,40)(H,32,37)(H,33,38)/b4-3+/t16?,21-/m0/s1. The number of methoxy groups -OCH3 is 1. The lowest BCUT2D eigenvalue weighted by Gasteiger charge is -2.20. The molecule has 2 atom stereocenters. The van der Waals surface area contributed by atoms with Gasteiger partial charge in [0.2, 0.25) is 11.8 Å². The molecule has 4 rings (SSSR count). The smallest absolute Gasteiger partial charge is 0.411 e. The Morgan fingerprint density at radius 2 is 2.02 bits per heavy atom. The molecule has 4 amide bonds. The zero-order chi connectivity index (χ0) is 29.4. The van der Waals surface area contributed by atoms with Crippen molar-refractivity contribution in [2.75, 3.05) is 24.3 Å². The van der Waals surface area contributed by atoms with Gasteiger partial charge < -0.3 is 20.7 Å². The lowest BCUT2D eigenvalue weighted by Crippen LogP contribution is -2.47. The van der Waals surface area contributed by atoms with E-state index in [4.69, 9.17) is 11.6 Å². The molecule has 0 radical (unpaired) electrons. The number of anilines is 2. The number of halogens is 1. The Hall–Kier alpha value is -4.78. The number of benzene rings is 2. The zero-order valence-electron chi connectivity index (χ0n) is 22.4. The number of hydrogen-bond acceptors (Lipinski definition) is 8. The molecular formula is C27H29ClN8O5. The molecule has 0 bridgehead atoms. The summed E-state index contributed by atoms with van der Waals surface area (Å²) in [5, 5.41) is 22.7. The van der Waals surface area contributed by atoms with Crippen LogP contribution in [0.4, 0.5) is 16.2 Å². The zero-order valence-corrected chi connectivity index (χ0v) is 23.1. The van der Waals surface area contributed by atoms with Gasteiger partial charge in [-0.2, -0.15) is 0 Å². The van der Waals surface area contributed by atoms with Gasteiger partial charge in [0.25, 0.3) is 5.91 Å². The summed E-state index contributed by atoms with van der Waals surface area (Å²) in [4.78, 5) is 50.8. The monoisotopic (exact) mass is 580 g/mol. The minimum Gasteiger partial charge on any atom is -0.453 e. The maximum absolute atomic E-state index is 13.3. The van der Waals surface area contributed by atoms with Crippen LogP contribution in [0.3, 0.4) is 0 Å². The first-order valence-corrected chi connectivity index (χ1v) is 13.2. The van der Waals surface area contributed by atoms with Crippen LogP contribution in [-0.2, 0) is 20.7 Å². The van der Waals surface area contributed by atoms with Gasteiger partial charge in [0, 0.05) is 23.7 Å². The van der Waals surface area contributed by atoms with Gasteiger partial charge >= 0.3 is 6.09 Å². The highest BCUT2D eigenvalue weighted by molar-refractivity contribution is 6.30. The maximum Gasteiger partial charge on any atom is 0.411 e. The molecule has 4 N–H and O–H groups in total. The molecule has 0 saturated carbocycles. The summed E-state index contributed by atoms with van der Waals surface area (Å²) in [7, 11) is 1.22. The first kappa shape index (κ1) is 29.2. The average molecular weight is 581 g/mol. The summed E-state index contributed by atoms with van der Waals surface area (Å²) in [6.07, 6.45) is 5.18. The second kappa shape index (κ2) is 13.5. The molecule has 1 aromatic heterocycles. The Bertz CT molecular complexity index is 1460. The Balaban J connectivity index is 1.51. The molecule has 0 saturated heterocycles. The van der Waals surface area contributed by atoms with E-state index in [9.17, 15) is 19.2 Å². The molecule has 0 aliphatic carbocycles. The highest BCUT2D eigenvalue weighted by Crippen LogP contribution is 2.23. The van der Waals surface area contributed by atoms with Crippen molar-refractivity contribution in [2.45, 2.75) is 32.2 Å². The highest BCUT2D eigenvalue weighted by atomic mass is 35.5. The largest absolute Gasteiger partial charge is 0.453 e. The molecule has 2 aromatic carbocycles. The molecular weight excluding hydrogens is 552 g/mol. The highest BCUT2D eigenvalue weighted by Gasteiger charge is 2.24. The number of carbonyl (C=O) groups is 4. The third kappa shape index (κ3) is 7.88. The van der Waals surface area contributed by atoms with Gasteiger partial charge in [-0.15, -0.1) is 5.10 Å². The molecule has 1 aliphatic rings. The van der Waals surface area contributed by atoms with Crippen LogP contribution < -0.4 is 21.3 Å². The van der Waals surface area contributed by atoms with E-state index >= 15 is 0 Å². The van der Waals surface area contributed by atoms with Crippen molar-refractivity contribution in [1.29, 1.82) is 0 Å². The SMILES string of the molecule is COC(=O)Nc1ccc2c(c1)NC(=O)CC(C)/C=C/C[C@@H](C(=O)NCCc1cc(Cl)ccc1-n1cnnn1)NC2=O. The van der Waals surface area contributed by atoms with Crippen molar-refractivity contribution in [3.05, 3.63) is 71.0 Å². The normalized spacial score (nSPS) is 18.0. The molecule has 14 heteroatoms. The number of carbonyl (C=O) groups excluding carboxylic acids is 4. The van der Waals surface area contributed by atoms with E-state index in [-0.39, 0.29) is 48.4 Å². The van der Waals surface area contributed by atoms with Gasteiger partial charge in [0.15, 0.2) is 0 Å². The molecule has 41 heavy (non-hydrogen) atoms. The van der Waals surface area contributed by atoms with E-state index in [2.05, 4.69) is 41.5 Å². The van der Waals surface area contributed by atoms with Gasteiger partial charge in [-0.3, -0.25) is 19.7 Å². The van der Waals surface area contributed by atoms with Crippen molar-refractivity contribution in [1.82, 2.24) is 30.8 Å². The molecule has 13 nitrogen and oxygen atoms in total. The molecule has 3 aromatic rings. The predicted octanol–water partition coefficient (Wildman–Crippen LogP) is 2.88. The first-order chi connectivity index (χ1) is 19.7. The summed E-state index contributed by atoms with van der Waals surface area (Å²) in [6.45, 7) is 2.13. The van der Waals surface area contributed by atoms with E-state index in [1.54, 1.807) is 24.3 Å². The van der Waals surface area contributed by atoms with Crippen LogP contribution in [0.25, 0.3) is 5.69 Å². The predicted molar refractivity (Wildman–Crippen MR) is 151 cm³/mol. The van der Waals surface area contributed by atoms with Gasteiger partial charge in [0.05, 0.1) is 24.0 Å². The molecule has 1 aliphatic heterocycles. The van der Waals surface area contributed by atoms with E-state index < -0.39 is 18.0 Å². The van der Waals surface area contributed by atoms with Crippen LogP contribution in [-0.4, -0.2) is 63.7 Å². The third-order valence-corrected chi connectivity index (χ3v) is 6.50. The van der Waals surface area contributed by atoms with Gasteiger partial charge in [-0.25, -0.2) is 9.48 Å². The summed E-state index contributed by atoms with van der Waals surface area (Å²) in [5.41, 5.74) is 2.19. The lowest BCUT2D eigenvalue weighted by atomic mass is 10.0. The van der Waals surface area contributed by atoms with Crippen LogP contribution in [0.15, 0.2) is 54.9 Å². The summed E-state index contributed by atoms with van der Waals surface area (Å²) in [6, 6.07) is 8.81. The van der Waals surface area contributed by atoms with Gasteiger partial charge in [0.1, 0.15) is 12.4 Å². The molecule has 0 spiro atoms. The second-order valence-electron chi connectivity index (χ2n) is 9.36. The molecule has 1 unspecified atom stereocenters. The molecule has 214 valence electrons. The van der Waals surface area contributed by atoms with E-state index in [0.29, 0.717) is 17.1 Å². The third-order valence-electron chi connectivity index (χ3n) is 6.27. The van der Waals surface area contributed by atoms with E-state index in [1.807, 2.05) is 13.0 Å². The fourth-order valence-corrected chi connectivity index (χ4v) is 4.46. The van der Waals surface area contributed by atoms with Gasteiger partial charge in [-0.05, 0) is 71.1 Å². The Morgan fingerprint density at radius 3 is 2.78 bits per heavy atom. The second-order valence-corrected chi connectivity index (χ2v) is 9.80. The Morgan fingerprint density at radius 1 is 1.20 bits per heavy atom. The number of aromatic nitrogens is 4. The Labute approximate surface area is 240 Å². The summed E-state index contributed by atoms with van der Waals surface area (Å²) >= 11 is 6.19. The number of fused-ring (bicyclic) bond motifs is 1. The van der Waals surface area contributed by atoms with Crippen molar-refractivity contribution in [3.8, 4) is 5.69 Å². The van der Waals surface area contributed by atoms with Gasteiger partial charge in [-0.1, -0.05) is 30.7 Å².